The highest BCUT2D eigenvalue weighted by molar-refractivity contribution is 5.96. The average Bonchev–Trinajstić information content (AvgIpc) is 2.84. The van der Waals surface area contributed by atoms with Crippen molar-refractivity contribution in [3.8, 4) is 0 Å². The lowest BCUT2D eigenvalue weighted by Gasteiger charge is -2.14. The van der Waals surface area contributed by atoms with E-state index in [1.165, 1.54) is 0 Å². The Morgan fingerprint density at radius 2 is 1.45 bits per heavy atom. The second kappa shape index (κ2) is 4.20. The molecule has 1 aliphatic rings. The van der Waals surface area contributed by atoms with Gasteiger partial charge in [0, 0.05) is 11.1 Å². The zero-order valence-corrected chi connectivity index (χ0v) is 10.7. The average molecular weight is 260 g/mol. The van der Waals surface area contributed by atoms with E-state index in [-0.39, 0.29) is 12.1 Å². The molecule has 0 amide bonds. The molecular weight excluding hydrogens is 248 g/mol. The molecule has 0 fully saturated rings. The molecule has 96 valence electrons. The molecule has 0 N–H and O–H groups in total. The van der Waals surface area contributed by atoms with E-state index in [0.29, 0.717) is 5.56 Å². The molecule has 0 bridgehead atoms. The van der Waals surface area contributed by atoms with E-state index in [9.17, 15) is 4.79 Å². The molecule has 0 radical (unpaired) electrons. The van der Waals surface area contributed by atoms with Crippen LogP contribution in [0.4, 0.5) is 0 Å². The summed E-state index contributed by atoms with van der Waals surface area (Å²) in [6.45, 7) is 0. The number of hydrogen-bond donors (Lipinski definition) is 0. The van der Waals surface area contributed by atoms with Crippen LogP contribution in [0, 0.1) is 0 Å². The smallest absolute Gasteiger partial charge is 0.339 e. The molecule has 0 saturated carbocycles. The first-order valence-electron chi connectivity index (χ1n) is 6.62. The minimum absolute atomic E-state index is 0.237. The number of cyclic esters (lactones) is 1. The maximum atomic E-state index is 12.0. The lowest BCUT2D eigenvalue weighted by atomic mass is 9.95. The molecule has 3 aromatic carbocycles. The van der Waals surface area contributed by atoms with Crippen molar-refractivity contribution in [3.63, 3.8) is 0 Å². The van der Waals surface area contributed by atoms with Gasteiger partial charge in [-0.1, -0.05) is 60.7 Å². The zero-order chi connectivity index (χ0) is 13.5. The van der Waals surface area contributed by atoms with Crippen LogP contribution in [-0.4, -0.2) is 5.97 Å². The van der Waals surface area contributed by atoms with Crippen LogP contribution in [0.1, 0.15) is 27.6 Å². The molecule has 2 heteroatoms. The quantitative estimate of drug-likeness (QED) is 0.616. The summed E-state index contributed by atoms with van der Waals surface area (Å²) in [6, 6.07) is 21.9. The number of hydrogen-bond acceptors (Lipinski definition) is 2. The van der Waals surface area contributed by atoms with E-state index in [1.54, 1.807) is 0 Å². The first-order valence-corrected chi connectivity index (χ1v) is 6.62. The third kappa shape index (κ3) is 1.55. The maximum absolute atomic E-state index is 12.0. The van der Waals surface area contributed by atoms with E-state index in [2.05, 4.69) is 18.2 Å². The number of ether oxygens (including phenoxy) is 1. The fourth-order valence-corrected chi connectivity index (χ4v) is 2.86. The minimum atomic E-state index is -0.301. The van der Waals surface area contributed by atoms with Crippen LogP contribution in [0.25, 0.3) is 10.8 Å². The van der Waals surface area contributed by atoms with Gasteiger partial charge in [0.2, 0.25) is 0 Å². The Bertz CT molecular complexity index is 815. The van der Waals surface area contributed by atoms with Crippen LogP contribution in [0.15, 0.2) is 66.7 Å². The summed E-state index contributed by atoms with van der Waals surface area (Å²) >= 11 is 0. The molecule has 3 aromatic rings. The predicted octanol–water partition coefficient (Wildman–Crippen LogP) is 4.10. The highest BCUT2D eigenvalue weighted by Crippen LogP contribution is 2.38. The van der Waals surface area contributed by atoms with Gasteiger partial charge in [-0.3, -0.25) is 0 Å². The van der Waals surface area contributed by atoms with Crippen molar-refractivity contribution in [3.05, 3.63) is 83.4 Å². The van der Waals surface area contributed by atoms with Crippen LogP contribution < -0.4 is 0 Å². The highest BCUT2D eigenvalue weighted by Gasteiger charge is 2.32. The molecule has 20 heavy (non-hydrogen) atoms. The maximum Gasteiger partial charge on any atom is 0.339 e. The van der Waals surface area contributed by atoms with Crippen LogP contribution in [0.3, 0.4) is 0 Å². The van der Waals surface area contributed by atoms with Crippen molar-refractivity contribution in [1.82, 2.24) is 0 Å². The Balaban J connectivity index is 1.96. The Hall–Kier alpha value is -2.61. The zero-order valence-electron chi connectivity index (χ0n) is 10.7. The van der Waals surface area contributed by atoms with Crippen molar-refractivity contribution >= 4 is 16.7 Å². The molecule has 0 aromatic heterocycles. The van der Waals surface area contributed by atoms with E-state index >= 15 is 0 Å². The topological polar surface area (TPSA) is 26.3 Å². The fourth-order valence-electron chi connectivity index (χ4n) is 2.86. The monoisotopic (exact) mass is 260 g/mol. The van der Waals surface area contributed by atoms with Gasteiger partial charge < -0.3 is 4.74 Å². The molecule has 0 unspecified atom stereocenters. The Kier molecular flexibility index (Phi) is 2.36. The van der Waals surface area contributed by atoms with Crippen molar-refractivity contribution < 1.29 is 9.53 Å². The third-order valence-corrected chi connectivity index (χ3v) is 3.79. The second-order valence-electron chi connectivity index (χ2n) is 4.94. The van der Waals surface area contributed by atoms with Gasteiger partial charge in [0.25, 0.3) is 0 Å². The standard InChI is InChI=1S/C18H12O2/c19-18-16-10-4-3-9-15(16)17(20-18)14-11-5-7-12-6-1-2-8-13(12)14/h1-11,17H/t17-/m0/s1. The Morgan fingerprint density at radius 1 is 0.750 bits per heavy atom. The molecule has 2 nitrogen and oxygen atoms in total. The Labute approximate surface area is 116 Å². The summed E-state index contributed by atoms with van der Waals surface area (Å²) in [5, 5.41) is 2.29. The lowest BCUT2D eigenvalue weighted by Crippen LogP contribution is -2.01. The second-order valence-corrected chi connectivity index (χ2v) is 4.94. The molecule has 0 spiro atoms. The summed E-state index contributed by atoms with van der Waals surface area (Å²) in [4.78, 5) is 12.0. The molecule has 0 saturated heterocycles. The first kappa shape index (κ1) is 11.2. The van der Waals surface area contributed by atoms with Crippen LogP contribution >= 0.6 is 0 Å². The van der Waals surface area contributed by atoms with Gasteiger partial charge in [-0.05, 0) is 16.8 Å². The third-order valence-electron chi connectivity index (χ3n) is 3.79. The number of rotatable bonds is 1. The summed E-state index contributed by atoms with van der Waals surface area (Å²) in [6.07, 6.45) is -0.301. The van der Waals surface area contributed by atoms with Crippen molar-refractivity contribution in [2.75, 3.05) is 0 Å². The van der Waals surface area contributed by atoms with Crippen molar-refractivity contribution in [2.45, 2.75) is 6.10 Å². The fraction of sp³-hybridized carbons (Fsp3) is 0.0556. The first-order chi connectivity index (χ1) is 9.84. The summed E-state index contributed by atoms with van der Waals surface area (Å²) in [5.41, 5.74) is 2.67. The summed E-state index contributed by atoms with van der Waals surface area (Å²) in [7, 11) is 0. The summed E-state index contributed by atoms with van der Waals surface area (Å²) < 4.78 is 5.59. The SMILES string of the molecule is O=C1O[C@@H](c2cccc3ccccc23)c2ccccc21. The largest absolute Gasteiger partial charge is 0.449 e. The molecule has 1 aliphatic heterocycles. The number of esters is 1. The van der Waals surface area contributed by atoms with Gasteiger partial charge in [-0.2, -0.15) is 0 Å². The summed E-state index contributed by atoms with van der Waals surface area (Å²) in [5.74, 6) is -0.237. The molecule has 4 rings (SSSR count). The Morgan fingerprint density at radius 3 is 2.40 bits per heavy atom. The van der Waals surface area contributed by atoms with Gasteiger partial charge in [0.1, 0.15) is 0 Å². The van der Waals surface area contributed by atoms with Crippen molar-refractivity contribution in [1.29, 1.82) is 0 Å². The van der Waals surface area contributed by atoms with Crippen LogP contribution in [0.2, 0.25) is 0 Å². The molecule has 0 aliphatic carbocycles. The van der Waals surface area contributed by atoms with E-state index in [0.717, 1.165) is 21.9 Å². The molecular formula is C18H12O2. The van der Waals surface area contributed by atoms with Gasteiger partial charge >= 0.3 is 5.97 Å². The number of fused-ring (bicyclic) bond motifs is 2. The van der Waals surface area contributed by atoms with Gasteiger partial charge in [0.15, 0.2) is 6.10 Å². The van der Waals surface area contributed by atoms with Crippen LogP contribution in [-0.2, 0) is 4.74 Å². The highest BCUT2D eigenvalue weighted by atomic mass is 16.5. The van der Waals surface area contributed by atoms with Crippen molar-refractivity contribution in [2.24, 2.45) is 0 Å². The van der Waals surface area contributed by atoms with E-state index < -0.39 is 0 Å². The van der Waals surface area contributed by atoms with Gasteiger partial charge in [-0.15, -0.1) is 0 Å². The normalized spacial score (nSPS) is 17.0. The minimum Gasteiger partial charge on any atom is -0.449 e. The number of benzene rings is 3. The number of carbonyl (C=O) groups is 1. The van der Waals surface area contributed by atoms with Crippen LogP contribution in [0.5, 0.6) is 0 Å². The lowest BCUT2D eigenvalue weighted by molar-refractivity contribution is 0.0458. The van der Waals surface area contributed by atoms with Gasteiger partial charge in [-0.25, -0.2) is 4.79 Å². The number of carbonyl (C=O) groups excluding carboxylic acids is 1. The predicted molar refractivity (Wildman–Crippen MR) is 77.6 cm³/mol. The van der Waals surface area contributed by atoms with E-state index in [4.69, 9.17) is 4.74 Å². The van der Waals surface area contributed by atoms with Gasteiger partial charge in [0.05, 0.1) is 5.56 Å². The molecule has 1 atom stereocenters. The van der Waals surface area contributed by atoms with E-state index in [1.807, 2.05) is 48.5 Å². The molecule has 1 heterocycles.